The molecule has 218 valence electrons. The normalized spacial score (nSPS) is 23.5. The highest BCUT2D eigenvalue weighted by Crippen LogP contribution is 2.39. The Labute approximate surface area is 243 Å². The van der Waals surface area contributed by atoms with E-state index in [0.717, 1.165) is 10.9 Å². The maximum atomic E-state index is 13.3. The van der Waals surface area contributed by atoms with Crippen molar-refractivity contribution in [2.75, 3.05) is 18.4 Å². The fraction of sp³-hybridized carbons (Fsp3) is 0.483. The summed E-state index contributed by atoms with van der Waals surface area (Å²) in [7, 11) is 0. The van der Waals surface area contributed by atoms with Gasteiger partial charge in [-0.2, -0.15) is 0 Å². The van der Waals surface area contributed by atoms with E-state index < -0.39 is 17.7 Å². The van der Waals surface area contributed by atoms with E-state index in [4.69, 9.17) is 20.2 Å². The fourth-order valence-electron chi connectivity index (χ4n) is 5.20. The van der Waals surface area contributed by atoms with Crippen LogP contribution in [0.25, 0.3) is 10.8 Å². The first-order valence-corrected chi connectivity index (χ1v) is 13.7. The Morgan fingerprint density at radius 1 is 1.24 bits per heavy atom. The van der Waals surface area contributed by atoms with Crippen molar-refractivity contribution in [2.45, 2.75) is 70.4 Å². The van der Waals surface area contributed by atoms with Crippen molar-refractivity contribution in [2.24, 2.45) is 11.7 Å². The van der Waals surface area contributed by atoms with Gasteiger partial charge in [0, 0.05) is 24.4 Å². The molecular formula is C29H34ClFN6O4. The number of halogens is 2. The summed E-state index contributed by atoms with van der Waals surface area (Å²) in [4.78, 5) is 40.2. The van der Waals surface area contributed by atoms with Gasteiger partial charge in [0.05, 0.1) is 35.7 Å². The number of carbonyl (C=O) groups excluding carboxylic acids is 2. The average Bonchev–Trinajstić information content (AvgIpc) is 3.64. The molecule has 0 unspecified atom stereocenters. The molecule has 3 aromatic rings. The number of amides is 1. The second-order valence-electron chi connectivity index (χ2n) is 11.5. The maximum Gasteiger partial charge on any atom is 0.340 e. The predicted molar refractivity (Wildman–Crippen MR) is 153 cm³/mol. The molecule has 6 rings (SSSR count). The molecule has 1 amide bonds. The largest absolute Gasteiger partial charge is 0.470 e. The van der Waals surface area contributed by atoms with Gasteiger partial charge in [0.25, 0.3) is 0 Å². The van der Waals surface area contributed by atoms with E-state index in [1.54, 1.807) is 29.4 Å². The van der Waals surface area contributed by atoms with Crippen LogP contribution in [0, 0.1) is 5.92 Å². The smallest absolute Gasteiger partial charge is 0.340 e. The van der Waals surface area contributed by atoms with Crippen molar-refractivity contribution < 1.29 is 23.5 Å². The van der Waals surface area contributed by atoms with E-state index in [1.165, 1.54) is 0 Å². The average molecular weight is 585 g/mol. The minimum absolute atomic E-state index is 0. The molecule has 1 saturated heterocycles. The lowest BCUT2D eigenvalue weighted by atomic mass is 9.84. The number of aromatic nitrogens is 3. The maximum absolute atomic E-state index is 13.3. The summed E-state index contributed by atoms with van der Waals surface area (Å²) in [5, 5.41) is 4.82. The molecule has 2 aliphatic heterocycles. The lowest BCUT2D eigenvalue weighted by molar-refractivity contribution is -0.141. The Bertz CT molecular complexity index is 1510. The van der Waals surface area contributed by atoms with Crippen molar-refractivity contribution >= 4 is 46.7 Å². The van der Waals surface area contributed by atoms with Crippen molar-refractivity contribution in [3.05, 3.63) is 47.4 Å². The van der Waals surface area contributed by atoms with Crippen LogP contribution >= 0.6 is 12.4 Å². The van der Waals surface area contributed by atoms with Gasteiger partial charge >= 0.3 is 5.97 Å². The third-order valence-corrected chi connectivity index (χ3v) is 8.28. The molecule has 0 aromatic carbocycles. The van der Waals surface area contributed by atoms with Crippen molar-refractivity contribution in [1.29, 1.82) is 0 Å². The topological polar surface area (TPSA) is 133 Å². The molecule has 10 nitrogen and oxygen atoms in total. The van der Waals surface area contributed by atoms with E-state index in [2.05, 4.69) is 15.3 Å². The van der Waals surface area contributed by atoms with E-state index in [-0.39, 0.29) is 42.3 Å². The van der Waals surface area contributed by atoms with Crippen LogP contribution in [0.15, 0.2) is 30.6 Å². The summed E-state index contributed by atoms with van der Waals surface area (Å²) >= 11 is 0. The SMILES string of the molecule is CC[C@H](N)c1cnc(OC2CN(C(=O)[C@@H]3C[C@@H]3F)C2)c2cnc(Nc3ccc4c(n3)[C@@H](C)C(C)(C)OC4=O)cc12.Cl. The van der Waals surface area contributed by atoms with Crippen LogP contribution in [0.4, 0.5) is 16.0 Å². The zero-order valence-electron chi connectivity index (χ0n) is 23.4. The molecule has 2 fully saturated rings. The Balaban J connectivity index is 0.00000337. The summed E-state index contributed by atoms with van der Waals surface area (Å²) in [5.41, 5.74) is 7.77. The monoisotopic (exact) mass is 584 g/mol. The lowest BCUT2D eigenvalue weighted by Crippen LogP contribution is -2.56. The van der Waals surface area contributed by atoms with Crippen LogP contribution in [0.1, 0.15) is 74.1 Å². The summed E-state index contributed by atoms with van der Waals surface area (Å²) in [5.74, 6) is 0.423. The van der Waals surface area contributed by atoms with Gasteiger partial charge in [-0.3, -0.25) is 4.79 Å². The number of alkyl halides is 1. The van der Waals surface area contributed by atoms with E-state index in [0.29, 0.717) is 60.1 Å². The number of fused-ring (bicyclic) bond motifs is 2. The summed E-state index contributed by atoms with van der Waals surface area (Å²) < 4.78 is 25.0. The van der Waals surface area contributed by atoms with Gasteiger partial charge in [-0.05, 0) is 55.8 Å². The number of nitrogens with two attached hydrogens (primary N) is 1. The highest BCUT2D eigenvalue weighted by Gasteiger charge is 2.48. The van der Waals surface area contributed by atoms with E-state index in [9.17, 15) is 14.0 Å². The molecule has 4 atom stereocenters. The third kappa shape index (κ3) is 5.28. The number of hydrogen-bond donors (Lipinski definition) is 2. The van der Waals surface area contributed by atoms with Crippen molar-refractivity contribution in [3.63, 3.8) is 0 Å². The molecule has 0 spiro atoms. The summed E-state index contributed by atoms with van der Waals surface area (Å²) in [6, 6.07) is 5.10. The molecule has 1 aliphatic carbocycles. The van der Waals surface area contributed by atoms with Crippen LogP contribution in [-0.2, 0) is 9.53 Å². The number of pyridine rings is 3. The Morgan fingerprint density at radius 3 is 2.66 bits per heavy atom. The first-order valence-electron chi connectivity index (χ1n) is 13.7. The van der Waals surface area contributed by atoms with Crippen LogP contribution in [0.5, 0.6) is 5.88 Å². The molecule has 3 N–H and O–H groups in total. The molecule has 1 saturated carbocycles. The number of nitrogens with zero attached hydrogens (tertiary/aromatic N) is 4. The molecule has 0 bridgehead atoms. The van der Waals surface area contributed by atoms with Gasteiger partial charge in [0.1, 0.15) is 29.5 Å². The number of carbonyl (C=O) groups is 2. The number of ether oxygens (including phenoxy) is 2. The third-order valence-electron chi connectivity index (χ3n) is 8.28. The first-order chi connectivity index (χ1) is 19.1. The lowest BCUT2D eigenvalue weighted by Gasteiger charge is -2.39. The van der Waals surface area contributed by atoms with Gasteiger partial charge in [-0.1, -0.05) is 13.8 Å². The molecular weight excluding hydrogens is 551 g/mol. The van der Waals surface area contributed by atoms with E-state index >= 15 is 0 Å². The molecule has 3 aliphatic rings. The van der Waals surface area contributed by atoms with Gasteiger partial charge in [-0.25, -0.2) is 24.1 Å². The minimum Gasteiger partial charge on any atom is -0.470 e. The van der Waals surface area contributed by atoms with Crippen LogP contribution in [-0.4, -0.2) is 62.7 Å². The number of likely N-dealkylation sites (tertiary alicyclic amines) is 1. The number of esters is 1. The Hall–Kier alpha value is -3.57. The molecule has 5 heterocycles. The standard InChI is InChI=1S/C29H33FN6O4.ClH/c1-5-22(31)19-10-33-26(39-15-12-36(13-15)27(37)18-8-21(18)30)20-11-32-24(9-17(19)20)34-23-7-6-16-25(35-23)14(2)29(3,4)40-28(16)38;/h6-7,9-11,14-15,18,21-22H,5,8,12-13,31H2,1-4H3,(H,32,34,35);1H/t14-,18-,21+,22+;/m1./s1. The van der Waals surface area contributed by atoms with Gasteiger partial charge in [0.2, 0.25) is 11.8 Å². The quantitative estimate of drug-likeness (QED) is 0.382. The predicted octanol–water partition coefficient (Wildman–Crippen LogP) is 4.60. The number of rotatable bonds is 7. The van der Waals surface area contributed by atoms with Gasteiger partial charge in [0.15, 0.2) is 0 Å². The second-order valence-corrected chi connectivity index (χ2v) is 11.5. The Kier molecular flexibility index (Phi) is 7.54. The number of cyclic esters (lactones) is 1. The van der Waals surface area contributed by atoms with Crippen molar-refractivity contribution in [1.82, 2.24) is 19.9 Å². The van der Waals surface area contributed by atoms with Crippen LogP contribution in [0.3, 0.4) is 0 Å². The zero-order valence-corrected chi connectivity index (χ0v) is 24.2. The highest BCUT2D eigenvalue weighted by molar-refractivity contribution is 5.93. The van der Waals surface area contributed by atoms with Crippen LogP contribution in [0.2, 0.25) is 0 Å². The molecule has 3 aromatic heterocycles. The molecule has 12 heteroatoms. The highest BCUT2D eigenvalue weighted by atomic mass is 35.5. The second kappa shape index (κ2) is 10.7. The van der Waals surface area contributed by atoms with Gasteiger partial charge < -0.3 is 25.4 Å². The molecule has 0 radical (unpaired) electrons. The summed E-state index contributed by atoms with van der Waals surface area (Å²) in [6.45, 7) is 8.56. The summed E-state index contributed by atoms with van der Waals surface area (Å²) in [6.07, 6.45) is 3.21. The van der Waals surface area contributed by atoms with E-state index in [1.807, 2.05) is 33.8 Å². The Morgan fingerprint density at radius 2 is 1.98 bits per heavy atom. The minimum atomic E-state index is -1.01. The first kappa shape index (κ1) is 28.9. The number of anilines is 2. The van der Waals surface area contributed by atoms with Crippen LogP contribution < -0.4 is 15.8 Å². The number of nitrogens with one attached hydrogen (secondary N) is 1. The number of hydrogen-bond acceptors (Lipinski definition) is 9. The van der Waals surface area contributed by atoms with Gasteiger partial charge in [-0.15, -0.1) is 12.4 Å². The molecule has 41 heavy (non-hydrogen) atoms. The van der Waals surface area contributed by atoms with Crippen molar-refractivity contribution in [3.8, 4) is 5.88 Å². The fourth-order valence-corrected chi connectivity index (χ4v) is 5.20. The zero-order chi connectivity index (χ0) is 28.3.